The number of ether oxygens (including phenoxy) is 2. The molecule has 0 saturated carbocycles. The Balaban J connectivity index is 1.44. The molecule has 1 heterocycles. The molecular formula is C28H25NO3. The summed E-state index contributed by atoms with van der Waals surface area (Å²) < 4.78 is 10.9. The second-order valence-electron chi connectivity index (χ2n) is 7.68. The van der Waals surface area contributed by atoms with Gasteiger partial charge in [0.2, 0.25) is 0 Å². The molecule has 0 atom stereocenters. The lowest BCUT2D eigenvalue weighted by molar-refractivity contribution is -0.128. The molecule has 1 aliphatic rings. The van der Waals surface area contributed by atoms with Crippen LogP contribution < -0.4 is 9.47 Å². The number of carbonyl (C=O) groups is 1. The Hall–Kier alpha value is -3.84. The first-order chi connectivity index (χ1) is 15.7. The predicted molar refractivity (Wildman–Crippen MR) is 126 cm³/mol. The van der Waals surface area contributed by atoms with E-state index in [9.17, 15) is 4.79 Å². The summed E-state index contributed by atoms with van der Waals surface area (Å²) >= 11 is 0. The van der Waals surface area contributed by atoms with E-state index in [2.05, 4.69) is 60.7 Å². The lowest BCUT2D eigenvalue weighted by atomic mass is 10.0. The molecule has 3 aromatic rings. The minimum atomic E-state index is -0.514. The van der Waals surface area contributed by atoms with Crippen molar-refractivity contribution in [1.82, 2.24) is 4.98 Å². The van der Waals surface area contributed by atoms with E-state index in [0.717, 1.165) is 36.8 Å². The summed E-state index contributed by atoms with van der Waals surface area (Å²) in [4.78, 5) is 15.5. The molecule has 32 heavy (non-hydrogen) atoms. The van der Waals surface area contributed by atoms with Gasteiger partial charge in [0.15, 0.2) is 0 Å². The van der Waals surface area contributed by atoms with Crippen molar-refractivity contribution in [3.05, 3.63) is 89.8 Å². The number of carbonyl (C=O) groups excluding carboxylic acids is 1. The summed E-state index contributed by atoms with van der Waals surface area (Å²) in [6.45, 7) is 6.34. The van der Waals surface area contributed by atoms with Gasteiger partial charge in [-0.1, -0.05) is 44.4 Å². The molecule has 0 saturated heterocycles. The van der Waals surface area contributed by atoms with Crippen LogP contribution in [-0.2, 0) is 11.2 Å². The number of aromatic nitrogens is 1. The molecule has 4 nitrogen and oxygen atoms in total. The SMILES string of the molecule is C=CC(=O)Oc1ccc(C#Cc2ccc3c(c2)Cc2cc(OCCCCC)ccc2-3)nc1. The third-order valence-corrected chi connectivity index (χ3v) is 5.33. The Bertz CT molecular complexity index is 1200. The summed E-state index contributed by atoms with van der Waals surface area (Å²) in [7, 11) is 0. The van der Waals surface area contributed by atoms with Gasteiger partial charge >= 0.3 is 5.97 Å². The average Bonchev–Trinajstić information content (AvgIpc) is 3.18. The Labute approximate surface area is 188 Å². The lowest BCUT2D eigenvalue weighted by Crippen LogP contribution is -2.03. The van der Waals surface area contributed by atoms with Gasteiger partial charge in [-0.05, 0) is 77.4 Å². The summed E-state index contributed by atoms with van der Waals surface area (Å²) in [5, 5.41) is 0. The fraction of sp³-hybridized carbons (Fsp3) is 0.214. The molecule has 0 bridgehead atoms. The van der Waals surface area contributed by atoms with E-state index >= 15 is 0 Å². The van der Waals surface area contributed by atoms with E-state index in [1.54, 1.807) is 12.1 Å². The molecule has 0 unspecified atom stereocenters. The number of hydrogen-bond acceptors (Lipinski definition) is 4. The predicted octanol–water partition coefficient (Wildman–Crippen LogP) is 5.71. The molecule has 0 spiro atoms. The van der Waals surface area contributed by atoms with Crippen molar-refractivity contribution in [1.29, 1.82) is 0 Å². The molecule has 0 fully saturated rings. The van der Waals surface area contributed by atoms with Crippen LogP contribution in [0.5, 0.6) is 11.5 Å². The molecule has 1 aromatic heterocycles. The van der Waals surface area contributed by atoms with Crippen LogP contribution in [0, 0.1) is 11.8 Å². The quantitative estimate of drug-likeness (QED) is 0.165. The van der Waals surface area contributed by atoms with Crippen LogP contribution >= 0.6 is 0 Å². The third-order valence-electron chi connectivity index (χ3n) is 5.33. The molecule has 2 aromatic carbocycles. The summed E-state index contributed by atoms with van der Waals surface area (Å²) in [6, 6.07) is 16.1. The van der Waals surface area contributed by atoms with E-state index in [4.69, 9.17) is 9.47 Å². The van der Waals surface area contributed by atoms with Crippen LogP contribution in [0.3, 0.4) is 0 Å². The third kappa shape index (κ3) is 5.07. The lowest BCUT2D eigenvalue weighted by Gasteiger charge is -2.08. The monoisotopic (exact) mass is 423 g/mol. The second kappa shape index (κ2) is 9.98. The Morgan fingerprint density at radius 1 is 1.03 bits per heavy atom. The zero-order chi connectivity index (χ0) is 22.3. The molecular weight excluding hydrogens is 398 g/mol. The van der Waals surface area contributed by atoms with Gasteiger partial charge in [-0.25, -0.2) is 9.78 Å². The van der Waals surface area contributed by atoms with Crippen molar-refractivity contribution in [2.75, 3.05) is 6.61 Å². The Kier molecular flexibility index (Phi) is 6.67. The number of fused-ring (bicyclic) bond motifs is 3. The fourth-order valence-corrected chi connectivity index (χ4v) is 3.71. The van der Waals surface area contributed by atoms with Gasteiger partial charge in [-0.15, -0.1) is 0 Å². The first kappa shape index (κ1) is 21.4. The zero-order valence-electron chi connectivity index (χ0n) is 18.2. The van der Waals surface area contributed by atoms with Crippen molar-refractivity contribution in [3.63, 3.8) is 0 Å². The highest BCUT2D eigenvalue weighted by molar-refractivity contribution is 5.83. The van der Waals surface area contributed by atoms with Crippen molar-refractivity contribution in [3.8, 4) is 34.5 Å². The molecule has 0 amide bonds. The number of pyridine rings is 1. The van der Waals surface area contributed by atoms with Crippen molar-refractivity contribution in [2.24, 2.45) is 0 Å². The van der Waals surface area contributed by atoms with Crippen LogP contribution in [-0.4, -0.2) is 17.6 Å². The average molecular weight is 424 g/mol. The van der Waals surface area contributed by atoms with E-state index in [1.165, 1.54) is 41.3 Å². The van der Waals surface area contributed by atoms with Gasteiger partial charge in [0.1, 0.15) is 17.2 Å². The summed E-state index contributed by atoms with van der Waals surface area (Å²) in [5.41, 5.74) is 6.65. The number of esters is 1. The van der Waals surface area contributed by atoms with Gasteiger partial charge in [0.25, 0.3) is 0 Å². The number of benzene rings is 2. The van der Waals surface area contributed by atoms with E-state index in [-0.39, 0.29) is 0 Å². The van der Waals surface area contributed by atoms with Crippen LogP contribution in [0.2, 0.25) is 0 Å². The maximum atomic E-state index is 11.2. The molecule has 1 aliphatic carbocycles. The van der Waals surface area contributed by atoms with E-state index in [1.807, 2.05) is 6.07 Å². The van der Waals surface area contributed by atoms with Crippen molar-refractivity contribution >= 4 is 5.97 Å². The highest BCUT2D eigenvalue weighted by Crippen LogP contribution is 2.38. The maximum Gasteiger partial charge on any atom is 0.335 e. The van der Waals surface area contributed by atoms with Crippen molar-refractivity contribution < 1.29 is 14.3 Å². The number of rotatable bonds is 7. The summed E-state index contributed by atoms with van der Waals surface area (Å²) in [6.07, 6.45) is 6.96. The van der Waals surface area contributed by atoms with Crippen LogP contribution in [0.4, 0.5) is 0 Å². The van der Waals surface area contributed by atoms with Crippen LogP contribution in [0.1, 0.15) is 48.6 Å². The zero-order valence-corrected chi connectivity index (χ0v) is 18.2. The molecule has 4 heteroatoms. The minimum absolute atomic E-state index is 0.365. The molecule has 4 rings (SSSR count). The standard InChI is InChI=1S/C28H25NO3/c1-3-5-6-15-31-24-12-14-27-22(18-24)17-21-16-20(8-13-26(21)27)7-9-23-10-11-25(19-29-23)32-28(30)4-2/h4,8,10-14,16,18-19H,2-3,5-6,15,17H2,1H3. The Morgan fingerprint density at radius 2 is 1.81 bits per heavy atom. The van der Waals surface area contributed by atoms with Crippen LogP contribution in [0.15, 0.2) is 67.4 Å². The van der Waals surface area contributed by atoms with Crippen molar-refractivity contribution in [2.45, 2.75) is 32.6 Å². The van der Waals surface area contributed by atoms with Crippen LogP contribution in [0.25, 0.3) is 11.1 Å². The molecule has 0 radical (unpaired) electrons. The Morgan fingerprint density at radius 3 is 2.56 bits per heavy atom. The first-order valence-electron chi connectivity index (χ1n) is 10.9. The van der Waals surface area contributed by atoms with Gasteiger partial charge in [0.05, 0.1) is 12.8 Å². The van der Waals surface area contributed by atoms with E-state index < -0.39 is 5.97 Å². The molecule has 0 N–H and O–H groups in total. The van der Waals surface area contributed by atoms with Gasteiger partial charge in [-0.3, -0.25) is 0 Å². The van der Waals surface area contributed by atoms with Gasteiger partial charge in [0, 0.05) is 11.6 Å². The summed E-state index contributed by atoms with van der Waals surface area (Å²) in [5.74, 6) is 7.04. The smallest absolute Gasteiger partial charge is 0.335 e. The highest BCUT2D eigenvalue weighted by Gasteiger charge is 2.19. The number of nitrogens with zero attached hydrogens (tertiary/aromatic N) is 1. The first-order valence-corrected chi connectivity index (χ1v) is 10.9. The molecule has 160 valence electrons. The van der Waals surface area contributed by atoms with Gasteiger partial charge in [-0.2, -0.15) is 0 Å². The fourth-order valence-electron chi connectivity index (χ4n) is 3.71. The topological polar surface area (TPSA) is 48.4 Å². The number of hydrogen-bond donors (Lipinski definition) is 0. The second-order valence-corrected chi connectivity index (χ2v) is 7.68. The van der Waals surface area contributed by atoms with E-state index in [0.29, 0.717) is 11.4 Å². The maximum absolute atomic E-state index is 11.2. The van der Waals surface area contributed by atoms with Gasteiger partial charge < -0.3 is 9.47 Å². The highest BCUT2D eigenvalue weighted by atomic mass is 16.5. The minimum Gasteiger partial charge on any atom is -0.494 e. The normalized spacial score (nSPS) is 11.0. The number of unbranched alkanes of at least 4 members (excludes halogenated alkanes) is 2. The molecule has 0 aliphatic heterocycles. The largest absolute Gasteiger partial charge is 0.494 e.